The molecule has 0 saturated heterocycles. The minimum absolute atomic E-state index is 0.0555. The van der Waals surface area contributed by atoms with Gasteiger partial charge in [-0.1, -0.05) is 0 Å². The second-order valence-corrected chi connectivity index (χ2v) is 5.18. The van der Waals surface area contributed by atoms with Crippen LogP contribution in [0.5, 0.6) is 0 Å². The normalized spacial score (nSPS) is 12.4. The molecule has 0 aromatic carbocycles. The third-order valence-electron chi connectivity index (χ3n) is 2.97. The number of hydrogen-bond donors (Lipinski definition) is 0. The Hall–Kier alpha value is -1.09. The van der Waals surface area contributed by atoms with E-state index in [1.807, 2.05) is 6.92 Å². The molecular formula is C13H18O2S. The zero-order valence-corrected chi connectivity index (χ0v) is 11.5. The van der Waals surface area contributed by atoms with Gasteiger partial charge in [-0.2, -0.15) is 0 Å². The lowest BCUT2D eigenvalue weighted by Gasteiger charge is -2.08. The molecule has 1 aromatic rings. The number of ketones is 1. The lowest BCUT2D eigenvalue weighted by molar-refractivity contribution is -0.113. The zero-order chi connectivity index (χ0) is 12.5. The van der Waals surface area contributed by atoms with E-state index in [2.05, 4.69) is 20.8 Å². The molecule has 0 fully saturated rings. The third kappa shape index (κ3) is 2.19. The Morgan fingerprint density at radius 2 is 1.69 bits per heavy atom. The van der Waals surface area contributed by atoms with Crippen LogP contribution >= 0.6 is 11.3 Å². The van der Waals surface area contributed by atoms with Gasteiger partial charge in [-0.05, 0) is 45.7 Å². The minimum atomic E-state index is 0.0555. The number of thiophene rings is 1. The third-order valence-corrected chi connectivity index (χ3v) is 4.27. The molecule has 3 heteroatoms. The van der Waals surface area contributed by atoms with E-state index in [0.717, 1.165) is 4.88 Å². The molecule has 1 rings (SSSR count). The lowest BCUT2D eigenvalue weighted by Crippen LogP contribution is -1.99. The van der Waals surface area contributed by atoms with Crippen LogP contribution in [-0.2, 0) is 9.53 Å². The molecule has 88 valence electrons. The predicted octanol–water partition coefficient (Wildman–Crippen LogP) is 3.64. The smallest absolute Gasteiger partial charge is 0.159 e. The Bertz CT molecular complexity index is 453. The van der Waals surface area contributed by atoms with Crippen LogP contribution < -0.4 is 0 Å². The molecule has 0 spiro atoms. The highest BCUT2D eigenvalue weighted by Gasteiger charge is 2.17. The summed E-state index contributed by atoms with van der Waals surface area (Å²) < 4.78 is 5.38. The van der Waals surface area contributed by atoms with E-state index < -0.39 is 0 Å². The number of methoxy groups -OCH3 is 1. The maximum Gasteiger partial charge on any atom is 0.159 e. The Kier molecular flexibility index (Phi) is 3.92. The first-order valence-electron chi connectivity index (χ1n) is 5.22. The van der Waals surface area contributed by atoms with Crippen molar-refractivity contribution in [2.24, 2.45) is 0 Å². The van der Waals surface area contributed by atoms with E-state index in [9.17, 15) is 4.79 Å². The molecule has 16 heavy (non-hydrogen) atoms. The lowest BCUT2D eigenvalue weighted by atomic mass is 10.1. The molecule has 0 aliphatic heterocycles. The molecule has 0 aliphatic carbocycles. The summed E-state index contributed by atoms with van der Waals surface area (Å²) in [5, 5.41) is 0. The topological polar surface area (TPSA) is 26.3 Å². The molecule has 2 nitrogen and oxygen atoms in total. The van der Waals surface area contributed by atoms with E-state index in [0.29, 0.717) is 11.3 Å². The van der Waals surface area contributed by atoms with E-state index in [4.69, 9.17) is 4.74 Å². The summed E-state index contributed by atoms with van der Waals surface area (Å²) >= 11 is 1.68. The van der Waals surface area contributed by atoms with Crippen LogP contribution in [0.15, 0.2) is 5.57 Å². The van der Waals surface area contributed by atoms with Crippen molar-refractivity contribution < 1.29 is 9.53 Å². The highest BCUT2D eigenvalue weighted by Crippen LogP contribution is 2.34. The fraction of sp³-hybridized carbons (Fsp3) is 0.462. The monoisotopic (exact) mass is 238 g/mol. The Balaban J connectivity index is 3.41. The van der Waals surface area contributed by atoms with Crippen molar-refractivity contribution in [3.05, 3.63) is 26.5 Å². The number of ether oxygens (including phenoxy) is 1. The number of allylic oxidation sites excluding steroid dienone is 1. The summed E-state index contributed by atoms with van der Waals surface area (Å²) in [5.41, 5.74) is 3.18. The number of aryl methyl sites for hydroxylation is 1. The van der Waals surface area contributed by atoms with Crippen LogP contribution in [0.3, 0.4) is 0 Å². The Morgan fingerprint density at radius 3 is 2.00 bits per heavy atom. The standard InChI is InChI=1S/C13H18O2S/c1-7-8(2)13(16-11(7)5)12(15-6)9(3)10(4)14/h1-6H3/b12-9-. The van der Waals surface area contributed by atoms with Gasteiger partial charge in [-0.15, -0.1) is 11.3 Å². The van der Waals surface area contributed by atoms with Crippen LogP contribution in [0.4, 0.5) is 0 Å². The van der Waals surface area contributed by atoms with Crippen molar-refractivity contribution in [3.63, 3.8) is 0 Å². The van der Waals surface area contributed by atoms with Gasteiger partial charge in [0.05, 0.1) is 12.0 Å². The number of rotatable bonds is 3. The second-order valence-electron chi connectivity index (χ2n) is 3.95. The van der Waals surface area contributed by atoms with Gasteiger partial charge in [-0.25, -0.2) is 0 Å². The van der Waals surface area contributed by atoms with Gasteiger partial charge in [0.15, 0.2) is 5.78 Å². The number of Topliss-reactive ketones (excluding diaryl/α,β-unsaturated/α-hetero) is 1. The molecule has 0 unspecified atom stereocenters. The van der Waals surface area contributed by atoms with Crippen molar-refractivity contribution in [1.82, 2.24) is 0 Å². The summed E-state index contributed by atoms with van der Waals surface area (Å²) in [6.45, 7) is 9.64. The summed E-state index contributed by atoms with van der Waals surface area (Å²) in [4.78, 5) is 13.7. The summed E-state index contributed by atoms with van der Waals surface area (Å²) in [6, 6.07) is 0. The van der Waals surface area contributed by atoms with Crippen molar-refractivity contribution in [1.29, 1.82) is 0 Å². The van der Waals surface area contributed by atoms with Crippen LogP contribution in [0.1, 0.15) is 34.7 Å². The summed E-state index contributed by atoms with van der Waals surface area (Å²) in [7, 11) is 1.62. The van der Waals surface area contributed by atoms with Gasteiger partial charge in [-0.3, -0.25) is 4.79 Å². The van der Waals surface area contributed by atoms with E-state index in [1.54, 1.807) is 25.4 Å². The highest BCUT2D eigenvalue weighted by atomic mass is 32.1. The average molecular weight is 238 g/mol. The molecule has 0 amide bonds. The fourth-order valence-corrected chi connectivity index (χ4v) is 2.78. The molecule has 0 aliphatic rings. The fourth-order valence-electron chi connectivity index (χ4n) is 1.53. The SMILES string of the molecule is CO/C(=C(/C)C(C)=O)c1sc(C)c(C)c1C. The van der Waals surface area contributed by atoms with Gasteiger partial charge in [0.25, 0.3) is 0 Å². The first kappa shape index (κ1) is 13.0. The largest absolute Gasteiger partial charge is 0.495 e. The molecule has 0 N–H and O–H groups in total. The van der Waals surface area contributed by atoms with Gasteiger partial charge in [0.1, 0.15) is 5.76 Å². The van der Waals surface area contributed by atoms with Gasteiger partial charge >= 0.3 is 0 Å². The summed E-state index contributed by atoms with van der Waals surface area (Å²) in [5.74, 6) is 0.770. The maximum atomic E-state index is 11.4. The first-order valence-corrected chi connectivity index (χ1v) is 6.04. The summed E-state index contributed by atoms with van der Waals surface area (Å²) in [6.07, 6.45) is 0. The molecule has 0 atom stereocenters. The van der Waals surface area contributed by atoms with Crippen LogP contribution in [0, 0.1) is 20.8 Å². The number of carbonyl (C=O) groups is 1. The van der Waals surface area contributed by atoms with Crippen molar-refractivity contribution in [2.75, 3.05) is 7.11 Å². The predicted molar refractivity (Wildman–Crippen MR) is 68.8 cm³/mol. The zero-order valence-electron chi connectivity index (χ0n) is 10.7. The molecule has 0 radical (unpaired) electrons. The van der Waals surface area contributed by atoms with E-state index in [1.165, 1.54) is 16.0 Å². The number of carbonyl (C=O) groups excluding carboxylic acids is 1. The van der Waals surface area contributed by atoms with Crippen molar-refractivity contribution >= 4 is 22.9 Å². The maximum absolute atomic E-state index is 11.4. The average Bonchev–Trinajstić information content (AvgIpc) is 2.47. The van der Waals surface area contributed by atoms with Gasteiger partial charge in [0, 0.05) is 10.5 Å². The number of hydrogen-bond acceptors (Lipinski definition) is 3. The molecule has 0 saturated carbocycles. The highest BCUT2D eigenvalue weighted by molar-refractivity contribution is 7.13. The molecule has 1 aromatic heterocycles. The van der Waals surface area contributed by atoms with Crippen LogP contribution in [-0.4, -0.2) is 12.9 Å². The van der Waals surface area contributed by atoms with E-state index in [-0.39, 0.29) is 5.78 Å². The first-order chi connectivity index (χ1) is 7.40. The minimum Gasteiger partial charge on any atom is -0.495 e. The Morgan fingerprint density at radius 1 is 1.12 bits per heavy atom. The molecule has 1 heterocycles. The van der Waals surface area contributed by atoms with Gasteiger partial charge < -0.3 is 4.74 Å². The quantitative estimate of drug-likeness (QED) is 0.593. The molecular weight excluding hydrogens is 220 g/mol. The van der Waals surface area contributed by atoms with Crippen LogP contribution in [0.25, 0.3) is 5.76 Å². The second kappa shape index (κ2) is 4.83. The Labute approximate surface area is 101 Å². The van der Waals surface area contributed by atoms with Crippen molar-refractivity contribution in [2.45, 2.75) is 34.6 Å². The van der Waals surface area contributed by atoms with Crippen molar-refractivity contribution in [3.8, 4) is 0 Å². The van der Waals surface area contributed by atoms with Gasteiger partial charge in [0.2, 0.25) is 0 Å². The molecule has 0 bridgehead atoms. The van der Waals surface area contributed by atoms with E-state index >= 15 is 0 Å². The van der Waals surface area contributed by atoms with Crippen LogP contribution in [0.2, 0.25) is 0 Å².